The normalized spacial score (nSPS) is 20.3. The highest BCUT2D eigenvalue weighted by atomic mass is 32.1. The van der Waals surface area contributed by atoms with Crippen LogP contribution in [-0.4, -0.2) is 66.7 Å². The Balaban J connectivity index is 0.00000294. The van der Waals surface area contributed by atoms with Gasteiger partial charge in [-0.15, -0.1) is 0 Å². The number of rotatable bonds is 8. The third-order valence-corrected chi connectivity index (χ3v) is 7.15. The van der Waals surface area contributed by atoms with Crippen molar-refractivity contribution in [2.75, 3.05) is 26.2 Å². The van der Waals surface area contributed by atoms with Crippen LogP contribution in [-0.2, 0) is 6.54 Å². The molecule has 3 fully saturated rings. The fourth-order valence-corrected chi connectivity index (χ4v) is 5.23. The van der Waals surface area contributed by atoms with Crippen LogP contribution in [0, 0.1) is 18.7 Å². The molecule has 7 heterocycles. The number of aryl methyl sites for hydroxylation is 1. The molecule has 4 aromatic rings. The molecule has 11 heteroatoms. The number of imidazole rings is 1. The molecule has 4 aromatic heterocycles. The number of pyridine rings is 2. The Hall–Kier alpha value is -3.31. The zero-order valence-corrected chi connectivity index (χ0v) is 22.6. The monoisotopic (exact) mass is 537 g/mol. The first-order valence-corrected chi connectivity index (χ1v) is 12.9. The first kappa shape index (κ1) is 26.3. The quantitative estimate of drug-likeness (QED) is 0.331. The maximum Gasteiger partial charge on any atom is 0.318 e. The molecule has 3 saturated heterocycles. The van der Waals surface area contributed by atoms with Gasteiger partial charge in [0, 0.05) is 30.6 Å². The lowest BCUT2D eigenvalue weighted by Gasteiger charge is -2.44. The molecule has 0 unspecified atom stereocenters. The third-order valence-electron chi connectivity index (χ3n) is 7.15. The molecule has 3 aliphatic heterocycles. The summed E-state index contributed by atoms with van der Waals surface area (Å²) >= 11 is 0. The van der Waals surface area contributed by atoms with E-state index in [2.05, 4.69) is 24.8 Å². The molecule has 0 aromatic carbocycles. The molecule has 0 radical (unpaired) electrons. The second kappa shape index (κ2) is 11.2. The summed E-state index contributed by atoms with van der Waals surface area (Å²) < 4.78 is 28.0. The molecule has 9 nitrogen and oxygen atoms in total. The molecule has 0 saturated carbocycles. The second-order valence-corrected chi connectivity index (χ2v) is 9.82. The third kappa shape index (κ3) is 5.30. The molecule has 0 aliphatic carbocycles. The van der Waals surface area contributed by atoms with Gasteiger partial charge >= 0.3 is 6.01 Å². The van der Waals surface area contributed by atoms with Gasteiger partial charge in [-0.25, -0.2) is 14.4 Å². The minimum absolute atomic E-state index is 0. The number of hydrogen-bond acceptors (Lipinski definition) is 8. The van der Waals surface area contributed by atoms with Crippen molar-refractivity contribution >= 4 is 24.7 Å². The van der Waals surface area contributed by atoms with Crippen LogP contribution >= 0.6 is 13.5 Å². The standard InChI is InChI=1S/C27H30FN7O2.H2S/c1-3-10-36-27-31-17(2)24-26(33-27)35(25(32-24)20-11-21(28)14-29-13-20)15-18-4-5-23(30-12-18)37-22-16-34-8-6-19(22)7-9-34;/h4-5,11-14,19,22H,3,6-10,15-16H2,1-2H3;1H2/t22-;/m1./s1. The lowest BCUT2D eigenvalue weighted by Crippen LogP contribution is -2.52. The van der Waals surface area contributed by atoms with Crippen LogP contribution < -0.4 is 9.47 Å². The van der Waals surface area contributed by atoms with Gasteiger partial charge in [-0.1, -0.05) is 13.0 Å². The van der Waals surface area contributed by atoms with E-state index < -0.39 is 5.82 Å². The molecule has 0 N–H and O–H groups in total. The number of aromatic nitrogens is 6. The molecule has 7 rings (SSSR count). The highest BCUT2D eigenvalue weighted by Gasteiger charge is 2.35. The van der Waals surface area contributed by atoms with E-state index in [0.29, 0.717) is 59.2 Å². The van der Waals surface area contributed by atoms with E-state index in [4.69, 9.17) is 14.5 Å². The van der Waals surface area contributed by atoms with Gasteiger partial charge < -0.3 is 14.0 Å². The largest absolute Gasteiger partial charge is 0.473 e. The van der Waals surface area contributed by atoms with E-state index in [1.807, 2.05) is 36.7 Å². The summed E-state index contributed by atoms with van der Waals surface area (Å²) in [6.45, 7) is 8.17. The molecule has 0 spiro atoms. The van der Waals surface area contributed by atoms with Crippen LogP contribution in [0.2, 0.25) is 0 Å². The van der Waals surface area contributed by atoms with Crippen LogP contribution in [0.3, 0.4) is 0 Å². The number of nitrogens with zero attached hydrogens (tertiary/aromatic N) is 7. The first-order chi connectivity index (χ1) is 18.1. The van der Waals surface area contributed by atoms with Gasteiger partial charge in [0.2, 0.25) is 5.88 Å². The lowest BCUT2D eigenvalue weighted by molar-refractivity contribution is -0.00994. The van der Waals surface area contributed by atoms with Gasteiger partial charge in [0.05, 0.1) is 25.0 Å². The molecular weight excluding hydrogens is 505 g/mol. The lowest BCUT2D eigenvalue weighted by atomic mass is 9.86. The predicted molar refractivity (Wildman–Crippen MR) is 146 cm³/mol. The molecular formula is C27H32FN7O2S. The van der Waals surface area contributed by atoms with Gasteiger partial charge in [-0.3, -0.25) is 9.88 Å². The summed E-state index contributed by atoms with van der Waals surface area (Å²) in [5.74, 6) is 1.38. The van der Waals surface area contributed by atoms with Crippen molar-refractivity contribution in [3.63, 3.8) is 0 Å². The molecule has 2 bridgehead atoms. The van der Waals surface area contributed by atoms with Gasteiger partial charge in [0.25, 0.3) is 0 Å². The van der Waals surface area contributed by atoms with E-state index in [1.54, 1.807) is 6.20 Å². The van der Waals surface area contributed by atoms with Crippen LogP contribution in [0.4, 0.5) is 4.39 Å². The Morgan fingerprint density at radius 2 is 1.92 bits per heavy atom. The van der Waals surface area contributed by atoms with E-state index in [9.17, 15) is 4.39 Å². The Labute approximate surface area is 227 Å². The number of ether oxygens (including phenoxy) is 2. The zero-order chi connectivity index (χ0) is 25.4. The minimum Gasteiger partial charge on any atom is -0.473 e. The highest BCUT2D eigenvalue weighted by Crippen LogP contribution is 2.31. The number of hydrogen-bond donors (Lipinski definition) is 0. The van der Waals surface area contributed by atoms with Crippen LogP contribution in [0.1, 0.15) is 37.4 Å². The maximum absolute atomic E-state index is 14.1. The molecule has 38 heavy (non-hydrogen) atoms. The van der Waals surface area contributed by atoms with E-state index in [-0.39, 0.29) is 19.6 Å². The fourth-order valence-electron chi connectivity index (χ4n) is 5.23. The predicted octanol–water partition coefficient (Wildman–Crippen LogP) is 4.15. The summed E-state index contributed by atoms with van der Waals surface area (Å²) in [6, 6.07) is 5.65. The van der Waals surface area contributed by atoms with Crippen molar-refractivity contribution in [2.45, 2.75) is 45.8 Å². The summed E-state index contributed by atoms with van der Waals surface area (Å²) in [5.41, 5.74) is 3.45. The topological polar surface area (TPSA) is 91.1 Å². The average molecular weight is 538 g/mol. The van der Waals surface area contributed by atoms with Gasteiger partial charge in [0.15, 0.2) is 5.65 Å². The highest BCUT2D eigenvalue weighted by molar-refractivity contribution is 7.59. The van der Waals surface area contributed by atoms with Gasteiger partial charge in [0.1, 0.15) is 23.3 Å². The summed E-state index contributed by atoms with van der Waals surface area (Å²) in [6.07, 6.45) is 8.03. The smallest absolute Gasteiger partial charge is 0.318 e. The average Bonchev–Trinajstić information content (AvgIpc) is 3.28. The summed E-state index contributed by atoms with van der Waals surface area (Å²) in [4.78, 5) is 25.0. The Morgan fingerprint density at radius 3 is 2.61 bits per heavy atom. The van der Waals surface area contributed by atoms with Crippen molar-refractivity contribution in [1.82, 2.24) is 34.4 Å². The fraction of sp³-hybridized carbons (Fsp3) is 0.444. The SMILES string of the molecule is CCCOc1nc(C)c2nc(-c3cncc(F)c3)n(Cc3ccc(O[C@@H]4CN5CCC4CC5)nc3)c2n1.S. The molecule has 0 amide bonds. The van der Waals surface area contributed by atoms with Gasteiger partial charge in [-0.05, 0) is 56.8 Å². The van der Waals surface area contributed by atoms with Gasteiger partial charge in [-0.2, -0.15) is 23.5 Å². The Kier molecular flexibility index (Phi) is 7.75. The first-order valence-electron chi connectivity index (χ1n) is 12.9. The summed E-state index contributed by atoms with van der Waals surface area (Å²) in [5, 5.41) is 0. The minimum atomic E-state index is -0.429. The molecule has 3 aliphatic rings. The second-order valence-electron chi connectivity index (χ2n) is 9.82. The van der Waals surface area contributed by atoms with Crippen molar-refractivity contribution < 1.29 is 13.9 Å². The maximum atomic E-state index is 14.1. The van der Waals surface area contributed by atoms with E-state index in [0.717, 1.165) is 18.5 Å². The molecule has 1 atom stereocenters. The van der Waals surface area contributed by atoms with Crippen LogP contribution in [0.15, 0.2) is 36.8 Å². The number of fused-ring (bicyclic) bond motifs is 4. The van der Waals surface area contributed by atoms with E-state index >= 15 is 0 Å². The Bertz CT molecular complexity index is 1410. The van der Waals surface area contributed by atoms with Crippen molar-refractivity contribution in [3.05, 3.63) is 53.9 Å². The summed E-state index contributed by atoms with van der Waals surface area (Å²) in [7, 11) is 0. The van der Waals surface area contributed by atoms with Crippen molar-refractivity contribution in [2.24, 2.45) is 5.92 Å². The van der Waals surface area contributed by atoms with Crippen molar-refractivity contribution in [3.8, 4) is 23.3 Å². The van der Waals surface area contributed by atoms with Crippen LogP contribution in [0.25, 0.3) is 22.6 Å². The number of piperidine rings is 3. The van der Waals surface area contributed by atoms with Crippen LogP contribution in [0.5, 0.6) is 11.9 Å². The Morgan fingerprint density at radius 1 is 1.08 bits per heavy atom. The van der Waals surface area contributed by atoms with E-state index in [1.165, 1.54) is 38.2 Å². The molecule has 200 valence electrons. The van der Waals surface area contributed by atoms with Crippen molar-refractivity contribution in [1.29, 1.82) is 0 Å². The zero-order valence-electron chi connectivity index (χ0n) is 21.6. The number of halogens is 1.